The Balaban J connectivity index is 1.82. The van der Waals surface area contributed by atoms with Gasteiger partial charge in [-0.2, -0.15) is 0 Å². The molecule has 7 heteroatoms. The van der Waals surface area contributed by atoms with E-state index in [1.807, 2.05) is 12.1 Å². The van der Waals surface area contributed by atoms with E-state index >= 15 is 0 Å². The molecule has 0 saturated carbocycles. The predicted octanol–water partition coefficient (Wildman–Crippen LogP) is 0.306. The van der Waals surface area contributed by atoms with Crippen LogP contribution in [0.25, 0.3) is 0 Å². The smallest absolute Gasteiger partial charge is 0.331 e. The number of amides is 1. The van der Waals surface area contributed by atoms with Crippen molar-refractivity contribution < 1.29 is 4.79 Å². The number of carbonyl (C=O) groups is 1. The Hall–Kier alpha value is -2.70. The highest BCUT2D eigenvalue weighted by Gasteiger charge is 2.30. The number of nitrogens with zero attached hydrogens (tertiary/aromatic N) is 4. The van der Waals surface area contributed by atoms with Gasteiger partial charge in [-0.05, 0) is 30.5 Å². The van der Waals surface area contributed by atoms with Crippen LogP contribution in [0.2, 0.25) is 0 Å². The predicted molar refractivity (Wildman–Crippen MR) is 83.9 cm³/mol. The van der Waals surface area contributed by atoms with Crippen LogP contribution in [-0.2, 0) is 18.4 Å². The Labute approximate surface area is 132 Å². The Bertz CT molecular complexity index is 825. The molecule has 1 fully saturated rings. The van der Waals surface area contributed by atoms with E-state index in [9.17, 15) is 14.4 Å². The van der Waals surface area contributed by atoms with Crippen LogP contribution in [0.1, 0.15) is 24.4 Å². The molecule has 0 aromatic carbocycles. The number of pyridine rings is 1. The van der Waals surface area contributed by atoms with E-state index in [0.717, 1.165) is 23.0 Å². The van der Waals surface area contributed by atoms with Crippen molar-refractivity contribution >= 4 is 5.91 Å². The van der Waals surface area contributed by atoms with Gasteiger partial charge in [0.15, 0.2) is 0 Å². The molecule has 1 atom stereocenters. The molecular weight excluding hydrogens is 296 g/mol. The summed E-state index contributed by atoms with van der Waals surface area (Å²) in [6.45, 7) is 0.612. The maximum absolute atomic E-state index is 12.6. The lowest BCUT2D eigenvalue weighted by molar-refractivity contribution is -0.132. The van der Waals surface area contributed by atoms with Crippen molar-refractivity contribution in [1.29, 1.82) is 0 Å². The van der Waals surface area contributed by atoms with Crippen LogP contribution in [0.5, 0.6) is 0 Å². The molecule has 3 rings (SSSR count). The summed E-state index contributed by atoms with van der Waals surface area (Å²) in [6, 6.07) is 5.14. The minimum absolute atomic E-state index is 0.0220. The Morgan fingerprint density at radius 2 is 2.00 bits per heavy atom. The number of hydrogen-bond acceptors (Lipinski definition) is 4. The third-order valence-corrected chi connectivity index (χ3v) is 4.23. The first kappa shape index (κ1) is 15.2. The van der Waals surface area contributed by atoms with Gasteiger partial charge in [-0.25, -0.2) is 4.79 Å². The number of likely N-dealkylation sites (tertiary alicyclic amines) is 1. The first-order valence-corrected chi connectivity index (χ1v) is 7.54. The number of carbonyl (C=O) groups excluding carboxylic acids is 1. The second-order valence-electron chi connectivity index (χ2n) is 5.65. The monoisotopic (exact) mass is 314 g/mol. The summed E-state index contributed by atoms with van der Waals surface area (Å²) >= 11 is 0. The van der Waals surface area contributed by atoms with E-state index in [1.54, 1.807) is 17.3 Å². The Morgan fingerprint density at radius 1 is 1.26 bits per heavy atom. The maximum atomic E-state index is 12.6. The first-order valence-electron chi connectivity index (χ1n) is 7.54. The van der Waals surface area contributed by atoms with Gasteiger partial charge in [0, 0.05) is 38.2 Å². The summed E-state index contributed by atoms with van der Waals surface area (Å²) in [6.07, 6.45) is 6.64. The van der Waals surface area contributed by atoms with Gasteiger partial charge < -0.3 is 4.90 Å². The highest BCUT2D eigenvalue weighted by molar-refractivity contribution is 5.76. The van der Waals surface area contributed by atoms with E-state index in [4.69, 9.17) is 0 Å². The zero-order valence-electron chi connectivity index (χ0n) is 12.9. The highest BCUT2D eigenvalue weighted by Crippen LogP contribution is 2.31. The van der Waals surface area contributed by atoms with Gasteiger partial charge in [-0.3, -0.25) is 23.7 Å². The van der Waals surface area contributed by atoms with Crippen molar-refractivity contribution in [2.45, 2.75) is 25.4 Å². The van der Waals surface area contributed by atoms with Crippen molar-refractivity contribution in [1.82, 2.24) is 19.0 Å². The molecule has 0 radical (unpaired) electrons. The number of rotatable bonds is 3. The zero-order chi connectivity index (χ0) is 16.4. The molecule has 1 aliphatic rings. The van der Waals surface area contributed by atoms with Crippen LogP contribution in [0.4, 0.5) is 0 Å². The summed E-state index contributed by atoms with van der Waals surface area (Å²) in [4.78, 5) is 41.9. The minimum atomic E-state index is -0.481. The van der Waals surface area contributed by atoms with Gasteiger partial charge in [0.25, 0.3) is 5.56 Å². The van der Waals surface area contributed by atoms with Gasteiger partial charge in [0.05, 0.1) is 6.04 Å². The molecule has 1 amide bonds. The summed E-state index contributed by atoms with van der Waals surface area (Å²) in [7, 11) is 1.40. The van der Waals surface area contributed by atoms with Crippen LogP contribution in [-0.4, -0.2) is 31.5 Å². The summed E-state index contributed by atoms with van der Waals surface area (Å²) < 4.78 is 2.27. The molecule has 0 unspecified atom stereocenters. The van der Waals surface area contributed by atoms with Gasteiger partial charge >= 0.3 is 5.69 Å². The fourth-order valence-corrected chi connectivity index (χ4v) is 2.97. The molecule has 23 heavy (non-hydrogen) atoms. The quantitative estimate of drug-likeness (QED) is 0.817. The lowest BCUT2D eigenvalue weighted by atomic mass is 10.1. The lowest BCUT2D eigenvalue weighted by Crippen LogP contribution is -2.41. The molecule has 0 spiro atoms. The minimum Gasteiger partial charge on any atom is -0.334 e. The van der Waals surface area contributed by atoms with E-state index in [2.05, 4.69) is 4.98 Å². The van der Waals surface area contributed by atoms with Crippen LogP contribution in [0, 0.1) is 0 Å². The molecule has 0 bridgehead atoms. The lowest BCUT2D eigenvalue weighted by Gasteiger charge is -2.25. The van der Waals surface area contributed by atoms with Crippen molar-refractivity contribution in [3.63, 3.8) is 0 Å². The summed E-state index contributed by atoms with van der Waals surface area (Å²) in [5.74, 6) is -0.120. The van der Waals surface area contributed by atoms with E-state index < -0.39 is 5.69 Å². The Morgan fingerprint density at radius 3 is 2.74 bits per heavy atom. The molecule has 2 aromatic heterocycles. The van der Waals surface area contributed by atoms with E-state index in [1.165, 1.54) is 23.9 Å². The van der Waals surface area contributed by atoms with Gasteiger partial charge in [0.2, 0.25) is 5.91 Å². The largest absolute Gasteiger partial charge is 0.334 e. The second-order valence-corrected chi connectivity index (χ2v) is 5.65. The van der Waals surface area contributed by atoms with E-state index in [0.29, 0.717) is 6.54 Å². The Kier molecular flexibility index (Phi) is 4.10. The maximum Gasteiger partial charge on any atom is 0.331 e. The highest BCUT2D eigenvalue weighted by atomic mass is 16.2. The van der Waals surface area contributed by atoms with Gasteiger partial charge in [-0.15, -0.1) is 0 Å². The molecule has 0 N–H and O–H groups in total. The number of aromatic nitrogens is 3. The molecule has 1 saturated heterocycles. The molecular formula is C16H18N4O3. The second kappa shape index (κ2) is 6.20. The molecule has 120 valence electrons. The van der Waals surface area contributed by atoms with Gasteiger partial charge in [0.1, 0.15) is 6.54 Å². The number of hydrogen-bond donors (Lipinski definition) is 0. The average Bonchev–Trinajstić information content (AvgIpc) is 3.06. The van der Waals surface area contributed by atoms with Crippen molar-refractivity contribution in [2.75, 3.05) is 6.54 Å². The zero-order valence-corrected chi connectivity index (χ0v) is 12.9. The average molecular weight is 314 g/mol. The van der Waals surface area contributed by atoms with Gasteiger partial charge in [-0.1, -0.05) is 0 Å². The van der Waals surface area contributed by atoms with Crippen molar-refractivity contribution in [3.05, 3.63) is 63.2 Å². The molecule has 3 heterocycles. The summed E-state index contributed by atoms with van der Waals surface area (Å²) in [5.41, 5.74) is 0.193. The first-order chi connectivity index (χ1) is 11.1. The van der Waals surface area contributed by atoms with Crippen LogP contribution in [0.15, 0.2) is 46.4 Å². The molecule has 1 aliphatic heterocycles. The normalized spacial score (nSPS) is 17.4. The SMILES string of the molecule is Cn1c(=O)ccn(CC(=O)N2CCC[C@@H]2c2ccncc2)c1=O. The third kappa shape index (κ3) is 2.94. The topological polar surface area (TPSA) is 77.2 Å². The van der Waals surface area contributed by atoms with Crippen molar-refractivity contribution in [2.24, 2.45) is 7.05 Å². The summed E-state index contributed by atoms with van der Waals surface area (Å²) in [5, 5.41) is 0. The standard InChI is InChI=1S/C16H18N4O3/c1-18-14(21)6-10-19(16(18)23)11-15(22)20-9-2-3-13(20)12-4-7-17-8-5-12/h4-8,10,13H,2-3,9,11H2,1H3/t13-/m1/s1. The van der Waals surface area contributed by atoms with E-state index in [-0.39, 0.29) is 24.1 Å². The fourth-order valence-electron chi connectivity index (χ4n) is 2.97. The van der Waals surface area contributed by atoms with Crippen LogP contribution >= 0.6 is 0 Å². The molecule has 2 aromatic rings. The molecule has 0 aliphatic carbocycles. The van der Waals surface area contributed by atoms with Crippen molar-refractivity contribution in [3.8, 4) is 0 Å². The molecule has 7 nitrogen and oxygen atoms in total. The van der Waals surface area contributed by atoms with Crippen LogP contribution in [0.3, 0.4) is 0 Å². The third-order valence-electron chi connectivity index (χ3n) is 4.23. The fraction of sp³-hybridized carbons (Fsp3) is 0.375. The van der Waals surface area contributed by atoms with Crippen LogP contribution < -0.4 is 11.2 Å².